The van der Waals surface area contributed by atoms with Crippen molar-refractivity contribution in [2.45, 2.75) is 120 Å². The zero-order chi connectivity index (χ0) is 32.6. The molecular formula is C29H48F3NO3Ru2S3. The van der Waals surface area contributed by atoms with E-state index in [0.717, 1.165) is 0 Å². The van der Waals surface area contributed by atoms with Crippen LogP contribution >= 0.6 is 0 Å². The molecule has 0 saturated heterocycles. The van der Waals surface area contributed by atoms with E-state index in [4.69, 9.17) is 18.2 Å². The van der Waals surface area contributed by atoms with Crippen LogP contribution in [0.5, 0.6) is 0 Å². The molecule has 0 heterocycles. The molecule has 0 fully saturated rings. The summed E-state index contributed by atoms with van der Waals surface area (Å²) in [6.07, 6.45) is 0. The van der Waals surface area contributed by atoms with Gasteiger partial charge in [0.25, 0.3) is 0 Å². The van der Waals surface area contributed by atoms with E-state index in [2.05, 4.69) is 94.5 Å². The van der Waals surface area contributed by atoms with Crippen LogP contribution in [0.25, 0.3) is 0 Å². The van der Waals surface area contributed by atoms with Gasteiger partial charge in [0.2, 0.25) is 0 Å². The first-order chi connectivity index (χ1) is 17.2. The van der Waals surface area contributed by atoms with E-state index in [1.165, 1.54) is 62.6 Å². The summed E-state index contributed by atoms with van der Waals surface area (Å²) in [4.78, 5) is 0. The third-order valence-corrected chi connectivity index (χ3v) is 6.48. The minimum absolute atomic E-state index is 0. The molecule has 0 bridgehead atoms. The Bertz CT molecular complexity index is 910. The monoisotopic (exact) mass is 815 g/mol. The van der Waals surface area contributed by atoms with Gasteiger partial charge in [0.05, 0.1) is 6.07 Å². The molecule has 0 amide bonds. The van der Waals surface area contributed by atoms with Crippen molar-refractivity contribution in [3.63, 3.8) is 0 Å². The summed E-state index contributed by atoms with van der Waals surface area (Å²) in [6.45, 7) is 31.3. The van der Waals surface area contributed by atoms with E-state index in [0.29, 0.717) is 10.5 Å². The van der Waals surface area contributed by atoms with E-state index in [1.807, 2.05) is 27.7 Å². The number of hydrogen-bond acceptors (Lipinski definition) is 6. The molecule has 0 aliphatic carbocycles. The van der Waals surface area contributed by atoms with Gasteiger partial charge in [-0.05, 0) is 0 Å². The Morgan fingerprint density at radius 3 is 0.854 bits per heavy atom. The zero-order valence-corrected chi connectivity index (χ0v) is 32.8. The van der Waals surface area contributed by atoms with Gasteiger partial charge in [-0.1, -0.05) is 96.9 Å². The van der Waals surface area contributed by atoms with Crippen molar-refractivity contribution < 1.29 is 66.5 Å². The molecule has 0 unspecified atom stereocenters. The maximum atomic E-state index is 10.7. The van der Waals surface area contributed by atoms with Crippen molar-refractivity contribution >= 4 is 35.4 Å². The molecule has 0 N–H and O–H groups in total. The fourth-order valence-electron chi connectivity index (χ4n) is 2.81. The predicted octanol–water partition coefficient (Wildman–Crippen LogP) is 8.47. The Morgan fingerprint density at radius 2 is 0.829 bits per heavy atom. The van der Waals surface area contributed by atoms with Crippen molar-refractivity contribution in [1.82, 2.24) is 0 Å². The molecule has 2 aromatic carbocycles. The Kier molecular flexibility index (Phi) is 32.8. The largest absolute Gasteiger partial charge is 3.00 e. The predicted molar refractivity (Wildman–Crippen MR) is 165 cm³/mol. The molecule has 2 rings (SSSR count). The van der Waals surface area contributed by atoms with Crippen LogP contribution in [0, 0.1) is 80.6 Å². The number of halogens is 3. The number of alkyl halides is 3. The summed E-state index contributed by atoms with van der Waals surface area (Å²) < 4.78 is 58.9. The second kappa shape index (κ2) is 25.2. The van der Waals surface area contributed by atoms with Crippen molar-refractivity contribution in [3.05, 3.63) is 55.6 Å². The topological polar surface area (TPSA) is 81.0 Å². The van der Waals surface area contributed by atoms with Crippen molar-refractivity contribution in [2.75, 3.05) is 0 Å². The summed E-state index contributed by atoms with van der Waals surface area (Å²) in [7, 11) is -6.09. The molecule has 0 spiro atoms. The fraction of sp³-hybridized carbons (Fsp3) is 0.621. The minimum atomic E-state index is -6.09. The second-order valence-corrected chi connectivity index (χ2v) is 12.7. The number of nitriles is 1. The van der Waals surface area contributed by atoms with Crippen LogP contribution in [-0.4, -0.2) is 29.0 Å². The Balaban J connectivity index is -0.0000000728. The fourth-order valence-corrected chi connectivity index (χ4v) is 2.81. The normalized spacial score (nSPS) is 9.80. The van der Waals surface area contributed by atoms with E-state index >= 15 is 0 Å². The molecule has 0 aliphatic rings. The molecule has 41 heavy (non-hydrogen) atoms. The van der Waals surface area contributed by atoms with Crippen LogP contribution in [0.15, 0.2) is 0 Å². The minimum Gasteiger partial charge on any atom is -1.00 e. The summed E-state index contributed by atoms with van der Waals surface area (Å²) in [5.41, 5.74) is 9.03. The van der Waals surface area contributed by atoms with Crippen LogP contribution in [0.4, 0.5) is 13.2 Å². The van der Waals surface area contributed by atoms with Crippen LogP contribution in [0.3, 0.4) is 0 Å². The number of rotatable bonds is 0. The van der Waals surface area contributed by atoms with E-state index in [1.54, 1.807) is 6.07 Å². The van der Waals surface area contributed by atoms with E-state index in [9.17, 15) is 13.2 Å². The van der Waals surface area contributed by atoms with E-state index in [-0.39, 0.29) is 40.4 Å². The first-order valence-corrected chi connectivity index (χ1v) is 14.6. The van der Waals surface area contributed by atoms with Gasteiger partial charge in [-0.3, -0.25) is 0 Å². The first-order valence-electron chi connectivity index (χ1n) is 12.3. The van der Waals surface area contributed by atoms with Crippen LogP contribution < -0.4 is 0 Å². The van der Waals surface area contributed by atoms with Gasteiger partial charge in [0.15, 0.2) is 10.1 Å². The van der Waals surface area contributed by atoms with Gasteiger partial charge in [-0.15, -0.1) is 0 Å². The average Bonchev–Trinajstić information content (AvgIpc) is 3.03. The van der Waals surface area contributed by atoms with Crippen molar-refractivity contribution in [1.29, 1.82) is 5.26 Å². The molecule has 2 radical (unpaired) electrons. The molecule has 0 aromatic heterocycles. The molecule has 2 aromatic rings. The molecule has 12 heteroatoms. The van der Waals surface area contributed by atoms with Gasteiger partial charge in [-0.25, -0.2) is 8.42 Å². The standard InChI is InChI=1S/2C10H15.2C3H8S.C2H3N.CHF3O3S.2Ru.H/c2*1-6-7(2)9(4)10(5)8(6)3;2*1-3(2)4;1-2-3;2-1(3,4)8(5,6)7;;;/h2*1-5H3;2*3-4H,1-2H3;1H3;(H,5,6,7);;;/q2*-1;;;;;2*+3;-1/p-3. The quantitative estimate of drug-likeness (QED) is 0.0874. The Labute approximate surface area is 287 Å². The van der Waals surface area contributed by atoms with E-state index < -0.39 is 15.6 Å². The Hall–Kier alpha value is -0.163. The zero-order valence-electron chi connectivity index (χ0n) is 27.9. The maximum Gasteiger partial charge on any atom is 3.00 e. The SMILES string of the molecule is CC#N.CC(C)[S-].CC(C)[S-].Cc1c(C)c(C)[c-](C)c1C.Cc1c(C)c(C)[c-](C)c1C.O=S(=O)([O-])C(F)(F)F.[H-].[Ru+3].[Ru+3]. The molecule has 242 valence electrons. The summed E-state index contributed by atoms with van der Waals surface area (Å²) in [6, 6.07) is 1.75. The third-order valence-electron chi connectivity index (χ3n) is 5.91. The third kappa shape index (κ3) is 23.9. The number of nitrogens with zero attached hydrogens (tertiary/aromatic N) is 1. The average molecular weight is 814 g/mol. The molecule has 0 saturated carbocycles. The molecular weight excluding hydrogens is 766 g/mol. The van der Waals surface area contributed by atoms with Gasteiger partial charge in [0, 0.05) is 6.92 Å². The maximum absolute atomic E-state index is 10.7. The van der Waals surface area contributed by atoms with Gasteiger partial charge in [-0.2, -0.15) is 84.6 Å². The van der Waals surface area contributed by atoms with Crippen LogP contribution in [-0.2, 0) is 74.3 Å². The second-order valence-electron chi connectivity index (χ2n) is 9.47. The summed E-state index contributed by atoms with van der Waals surface area (Å²) in [5, 5.41) is 8.15. The summed E-state index contributed by atoms with van der Waals surface area (Å²) >= 11 is 9.24. The molecule has 0 aliphatic heterocycles. The molecule has 0 atom stereocenters. The smallest absolute Gasteiger partial charge is 1.00 e. The molecule has 4 nitrogen and oxygen atoms in total. The van der Waals surface area contributed by atoms with Gasteiger partial charge < -0.3 is 31.2 Å². The Morgan fingerprint density at radius 1 is 0.732 bits per heavy atom. The van der Waals surface area contributed by atoms with Crippen LogP contribution in [0.2, 0.25) is 0 Å². The van der Waals surface area contributed by atoms with Gasteiger partial charge in [0.1, 0.15) is 0 Å². The summed E-state index contributed by atoms with van der Waals surface area (Å²) in [5.74, 6) is 0. The van der Waals surface area contributed by atoms with Crippen molar-refractivity contribution in [3.8, 4) is 6.07 Å². The first kappa shape index (κ1) is 53.4. The van der Waals surface area contributed by atoms with Crippen molar-refractivity contribution in [2.24, 2.45) is 0 Å². The number of hydrogen-bond donors (Lipinski definition) is 0. The van der Waals surface area contributed by atoms with Gasteiger partial charge >= 0.3 is 44.5 Å². The van der Waals surface area contributed by atoms with Crippen LogP contribution in [0.1, 0.15) is 91.7 Å².